The van der Waals surface area contributed by atoms with Gasteiger partial charge < -0.3 is 29.3 Å². The SMILES string of the molecule is O=C1[C@@H](Oc2ccc(Cl)cc2)[C@@H](c2ccc(Cl)cc2)N1c1ccc(Nc2nc(N3CCOCC3)nc(N3CCOCC3)n2)cc1. The van der Waals surface area contributed by atoms with Crippen LogP contribution in [-0.4, -0.2) is 79.6 Å². The number of hydrogen-bond acceptors (Lipinski definition) is 10. The van der Waals surface area contributed by atoms with E-state index in [1.807, 2.05) is 48.5 Å². The van der Waals surface area contributed by atoms with Crippen LogP contribution in [0, 0.1) is 0 Å². The molecule has 3 aliphatic rings. The summed E-state index contributed by atoms with van der Waals surface area (Å²) >= 11 is 12.2. The van der Waals surface area contributed by atoms with Crippen LogP contribution in [0.3, 0.4) is 0 Å². The largest absolute Gasteiger partial charge is 0.478 e. The van der Waals surface area contributed by atoms with Crippen LogP contribution < -0.4 is 24.8 Å². The van der Waals surface area contributed by atoms with E-state index in [4.69, 9.17) is 52.4 Å². The fourth-order valence-electron chi connectivity index (χ4n) is 5.56. The Balaban J connectivity index is 1.13. The topological polar surface area (TPSA) is 105 Å². The van der Waals surface area contributed by atoms with Crippen molar-refractivity contribution in [2.45, 2.75) is 12.1 Å². The lowest BCUT2D eigenvalue weighted by molar-refractivity contribution is -0.135. The van der Waals surface area contributed by atoms with Crippen molar-refractivity contribution in [2.75, 3.05) is 72.6 Å². The number of anilines is 5. The first kappa shape index (κ1) is 29.5. The Morgan fingerprint density at radius 2 is 1.24 bits per heavy atom. The van der Waals surface area contributed by atoms with Crippen molar-refractivity contribution in [2.24, 2.45) is 0 Å². The lowest BCUT2D eigenvalue weighted by Crippen LogP contribution is -2.61. The van der Waals surface area contributed by atoms with Gasteiger partial charge in [0.05, 0.1) is 26.4 Å². The second-order valence-electron chi connectivity index (χ2n) is 10.8. The molecule has 0 radical (unpaired) electrons. The van der Waals surface area contributed by atoms with Gasteiger partial charge in [-0.2, -0.15) is 15.0 Å². The molecule has 13 heteroatoms. The zero-order valence-electron chi connectivity index (χ0n) is 24.3. The Morgan fingerprint density at radius 1 is 0.711 bits per heavy atom. The Kier molecular flexibility index (Phi) is 8.57. The molecule has 3 aliphatic heterocycles. The minimum Gasteiger partial charge on any atom is -0.478 e. The number of nitrogens with zero attached hydrogens (tertiary/aromatic N) is 6. The molecule has 0 bridgehead atoms. The molecule has 4 aromatic rings. The molecular formula is C32H31Cl2N7O4. The molecule has 3 aromatic carbocycles. The van der Waals surface area contributed by atoms with E-state index in [-0.39, 0.29) is 11.9 Å². The molecule has 1 N–H and O–H groups in total. The standard InChI is InChI=1S/C32H31Cl2N7O4/c33-22-3-1-21(2-4-22)27-28(45-26-11-5-23(34)6-12-26)29(42)41(27)25-9-7-24(8-10-25)35-30-36-31(39-13-17-43-18-14-39)38-32(37-30)40-15-19-44-20-16-40/h1-12,27-28H,13-20H2,(H,35,36,37,38)/t27-,28+/m1/s1. The summed E-state index contributed by atoms with van der Waals surface area (Å²) < 4.78 is 17.2. The molecule has 11 nitrogen and oxygen atoms in total. The Hall–Kier alpha value is -4.16. The monoisotopic (exact) mass is 647 g/mol. The van der Waals surface area contributed by atoms with Crippen LogP contribution in [0.25, 0.3) is 0 Å². The molecule has 0 spiro atoms. The molecule has 7 rings (SSSR count). The predicted molar refractivity (Wildman–Crippen MR) is 173 cm³/mol. The molecule has 232 valence electrons. The van der Waals surface area contributed by atoms with Gasteiger partial charge in [-0.25, -0.2) is 0 Å². The van der Waals surface area contributed by atoms with Crippen molar-refractivity contribution >= 4 is 58.3 Å². The number of nitrogens with one attached hydrogen (secondary N) is 1. The van der Waals surface area contributed by atoms with Crippen LogP contribution in [0.2, 0.25) is 10.0 Å². The third kappa shape index (κ3) is 6.48. The van der Waals surface area contributed by atoms with Gasteiger partial charge in [0.15, 0.2) is 0 Å². The summed E-state index contributed by atoms with van der Waals surface area (Å²) in [7, 11) is 0. The second kappa shape index (κ2) is 13.1. The maximum Gasteiger partial charge on any atom is 0.271 e. The first-order valence-electron chi connectivity index (χ1n) is 14.8. The number of β-lactam (4-membered cyclic amide) rings is 1. The van der Waals surface area contributed by atoms with Gasteiger partial charge in [-0.3, -0.25) is 9.69 Å². The number of amides is 1. The number of halogens is 2. The fraction of sp³-hybridized carbons (Fsp3) is 0.312. The maximum atomic E-state index is 13.5. The summed E-state index contributed by atoms with van der Waals surface area (Å²) in [4.78, 5) is 33.7. The summed E-state index contributed by atoms with van der Waals surface area (Å²) in [5.41, 5.74) is 2.42. The molecule has 3 fully saturated rings. The van der Waals surface area contributed by atoms with Crippen LogP contribution in [0.5, 0.6) is 5.75 Å². The van der Waals surface area contributed by atoms with Crippen molar-refractivity contribution in [1.29, 1.82) is 0 Å². The van der Waals surface area contributed by atoms with Gasteiger partial charge in [-0.1, -0.05) is 35.3 Å². The van der Waals surface area contributed by atoms with Crippen molar-refractivity contribution < 1.29 is 19.0 Å². The van der Waals surface area contributed by atoms with Crippen molar-refractivity contribution in [1.82, 2.24) is 15.0 Å². The first-order chi connectivity index (χ1) is 22.0. The van der Waals surface area contributed by atoms with E-state index in [1.165, 1.54) is 0 Å². The Labute approximate surface area is 270 Å². The highest BCUT2D eigenvalue weighted by Gasteiger charge is 2.51. The molecule has 3 saturated heterocycles. The maximum absolute atomic E-state index is 13.5. The van der Waals surface area contributed by atoms with Gasteiger partial charge in [-0.05, 0) is 66.2 Å². The highest BCUT2D eigenvalue weighted by molar-refractivity contribution is 6.30. The quantitative estimate of drug-likeness (QED) is 0.259. The lowest BCUT2D eigenvalue weighted by atomic mass is 9.89. The van der Waals surface area contributed by atoms with E-state index in [2.05, 4.69) is 15.1 Å². The Bertz CT molecular complexity index is 1600. The molecule has 0 unspecified atom stereocenters. The van der Waals surface area contributed by atoms with E-state index in [1.54, 1.807) is 29.2 Å². The summed E-state index contributed by atoms with van der Waals surface area (Å²) in [5, 5.41) is 4.55. The third-order valence-electron chi connectivity index (χ3n) is 7.94. The zero-order chi connectivity index (χ0) is 30.8. The third-order valence-corrected chi connectivity index (χ3v) is 8.44. The molecule has 4 heterocycles. The molecule has 45 heavy (non-hydrogen) atoms. The normalized spacial score (nSPS) is 20.1. The van der Waals surface area contributed by atoms with Crippen molar-refractivity contribution in [3.63, 3.8) is 0 Å². The smallest absolute Gasteiger partial charge is 0.271 e. The summed E-state index contributed by atoms with van der Waals surface area (Å²) in [6, 6.07) is 21.7. The van der Waals surface area contributed by atoms with Gasteiger partial charge in [-0.15, -0.1) is 0 Å². The van der Waals surface area contributed by atoms with Crippen LogP contribution in [-0.2, 0) is 14.3 Å². The van der Waals surface area contributed by atoms with Gasteiger partial charge >= 0.3 is 0 Å². The van der Waals surface area contributed by atoms with Gasteiger partial charge in [0.25, 0.3) is 5.91 Å². The number of ether oxygens (including phenoxy) is 3. The minimum absolute atomic E-state index is 0.145. The highest BCUT2D eigenvalue weighted by Crippen LogP contribution is 2.42. The summed E-state index contributed by atoms with van der Waals surface area (Å²) in [5.74, 6) is 2.08. The van der Waals surface area contributed by atoms with E-state index in [9.17, 15) is 4.79 Å². The minimum atomic E-state index is -0.701. The van der Waals surface area contributed by atoms with Crippen LogP contribution in [0.1, 0.15) is 11.6 Å². The molecule has 1 amide bonds. The lowest BCUT2D eigenvalue weighted by Gasteiger charge is -2.46. The predicted octanol–water partition coefficient (Wildman–Crippen LogP) is 5.13. The van der Waals surface area contributed by atoms with Crippen LogP contribution >= 0.6 is 23.2 Å². The van der Waals surface area contributed by atoms with E-state index >= 15 is 0 Å². The van der Waals surface area contributed by atoms with Crippen LogP contribution in [0.15, 0.2) is 72.8 Å². The zero-order valence-corrected chi connectivity index (χ0v) is 25.8. The van der Waals surface area contributed by atoms with Crippen molar-refractivity contribution in [3.05, 3.63) is 88.4 Å². The molecule has 1 aromatic heterocycles. The summed E-state index contributed by atoms with van der Waals surface area (Å²) in [6.07, 6.45) is -0.701. The number of carbonyl (C=O) groups excluding carboxylic acids is 1. The number of carbonyl (C=O) groups is 1. The highest BCUT2D eigenvalue weighted by atomic mass is 35.5. The van der Waals surface area contributed by atoms with Gasteiger partial charge in [0, 0.05) is 47.6 Å². The molecular weight excluding hydrogens is 617 g/mol. The average molecular weight is 649 g/mol. The Morgan fingerprint density at radius 3 is 1.80 bits per heavy atom. The second-order valence-corrected chi connectivity index (χ2v) is 11.7. The number of aromatic nitrogens is 3. The average Bonchev–Trinajstić information content (AvgIpc) is 3.08. The van der Waals surface area contributed by atoms with E-state index < -0.39 is 6.10 Å². The first-order valence-corrected chi connectivity index (χ1v) is 15.6. The van der Waals surface area contributed by atoms with E-state index in [0.717, 1.165) is 16.9 Å². The molecule has 2 atom stereocenters. The number of benzene rings is 3. The van der Waals surface area contributed by atoms with Crippen LogP contribution in [0.4, 0.5) is 29.2 Å². The fourth-order valence-corrected chi connectivity index (χ4v) is 5.81. The molecule has 0 aliphatic carbocycles. The molecule has 0 saturated carbocycles. The van der Waals surface area contributed by atoms with E-state index in [0.29, 0.717) is 86.2 Å². The van der Waals surface area contributed by atoms with Crippen molar-refractivity contribution in [3.8, 4) is 5.75 Å². The van der Waals surface area contributed by atoms with Gasteiger partial charge in [0.1, 0.15) is 11.8 Å². The summed E-state index contributed by atoms with van der Waals surface area (Å²) in [6.45, 7) is 5.34. The number of morpholine rings is 2. The van der Waals surface area contributed by atoms with Gasteiger partial charge in [0.2, 0.25) is 23.9 Å². The number of rotatable bonds is 8. The number of hydrogen-bond donors (Lipinski definition) is 1.